The zero-order valence-corrected chi connectivity index (χ0v) is 14.8. The highest BCUT2D eigenvalue weighted by molar-refractivity contribution is 9.10. The highest BCUT2D eigenvalue weighted by Crippen LogP contribution is 2.32. The molecular formula is C15H20BrN3O2S. The fourth-order valence-corrected chi connectivity index (χ4v) is 3.15. The van der Waals surface area contributed by atoms with Crippen molar-refractivity contribution in [2.75, 3.05) is 7.11 Å². The van der Waals surface area contributed by atoms with Crippen molar-refractivity contribution >= 4 is 39.5 Å². The van der Waals surface area contributed by atoms with Crippen LogP contribution < -0.4 is 15.5 Å². The second kappa shape index (κ2) is 8.33. The molecule has 1 aromatic rings. The highest BCUT2D eigenvalue weighted by Gasteiger charge is 2.13. The molecule has 0 saturated heterocycles. The molecule has 0 atom stereocenters. The smallest absolute Gasteiger partial charge is 0.187 e. The molecule has 2 rings (SSSR count). The number of hydrazone groups is 1. The predicted octanol–water partition coefficient (Wildman–Crippen LogP) is 3.29. The number of ether oxygens (including phenoxy) is 1. The standard InChI is InChI=1S/C15H20BrN3O2S/c1-21-13-8-11(16)7-10(14(13)20)9-17-19-15(22)18-12-5-3-2-4-6-12/h7-9,12,20H,2-6H2,1H3,(H2,18,19,22)/b17-9+. The predicted molar refractivity (Wildman–Crippen MR) is 95.7 cm³/mol. The van der Waals surface area contributed by atoms with E-state index in [9.17, 15) is 5.11 Å². The first-order chi connectivity index (χ1) is 10.6. The van der Waals surface area contributed by atoms with Crippen molar-refractivity contribution < 1.29 is 9.84 Å². The average molecular weight is 386 g/mol. The molecule has 22 heavy (non-hydrogen) atoms. The second-order valence-corrected chi connectivity index (χ2v) is 6.55. The van der Waals surface area contributed by atoms with Crippen LogP contribution in [0.15, 0.2) is 21.7 Å². The first-order valence-corrected chi connectivity index (χ1v) is 8.46. The molecule has 0 heterocycles. The molecule has 0 spiro atoms. The van der Waals surface area contributed by atoms with E-state index in [0.717, 1.165) is 17.3 Å². The number of phenols is 1. The topological polar surface area (TPSA) is 65.9 Å². The van der Waals surface area contributed by atoms with E-state index in [1.807, 2.05) is 0 Å². The molecule has 1 fully saturated rings. The van der Waals surface area contributed by atoms with Crippen LogP contribution in [0.4, 0.5) is 0 Å². The van der Waals surface area contributed by atoms with Crippen molar-refractivity contribution in [2.24, 2.45) is 5.10 Å². The Morgan fingerprint density at radius 3 is 2.82 bits per heavy atom. The number of phenolic OH excluding ortho intramolecular Hbond substituents is 1. The lowest BCUT2D eigenvalue weighted by molar-refractivity contribution is 0.373. The van der Waals surface area contributed by atoms with Crippen molar-refractivity contribution in [3.63, 3.8) is 0 Å². The molecule has 0 aliphatic heterocycles. The molecule has 1 saturated carbocycles. The lowest BCUT2D eigenvalue weighted by Gasteiger charge is -2.23. The first-order valence-electron chi connectivity index (χ1n) is 7.26. The zero-order valence-electron chi connectivity index (χ0n) is 12.4. The number of nitrogens with one attached hydrogen (secondary N) is 2. The Labute approximate surface area is 144 Å². The molecule has 0 aromatic heterocycles. The van der Waals surface area contributed by atoms with Gasteiger partial charge in [-0.25, -0.2) is 0 Å². The van der Waals surface area contributed by atoms with Crippen LogP contribution in [0.2, 0.25) is 0 Å². The van der Waals surface area contributed by atoms with Gasteiger partial charge in [-0.15, -0.1) is 0 Å². The van der Waals surface area contributed by atoms with Crippen molar-refractivity contribution in [1.82, 2.24) is 10.7 Å². The number of hydrogen-bond acceptors (Lipinski definition) is 4. The summed E-state index contributed by atoms with van der Waals surface area (Å²) in [7, 11) is 1.50. The first kappa shape index (κ1) is 17.0. The van der Waals surface area contributed by atoms with Crippen LogP contribution in [-0.2, 0) is 0 Å². The number of halogens is 1. The van der Waals surface area contributed by atoms with Crippen molar-refractivity contribution in [1.29, 1.82) is 0 Å². The summed E-state index contributed by atoms with van der Waals surface area (Å²) in [4.78, 5) is 0. The Balaban J connectivity index is 1.91. The van der Waals surface area contributed by atoms with Gasteiger partial charge in [-0.05, 0) is 37.2 Å². The molecular weight excluding hydrogens is 366 g/mol. The number of nitrogens with zero attached hydrogens (tertiary/aromatic N) is 1. The molecule has 7 heteroatoms. The number of methoxy groups -OCH3 is 1. The summed E-state index contributed by atoms with van der Waals surface area (Å²) in [6.45, 7) is 0. The van der Waals surface area contributed by atoms with Crippen LogP contribution in [0.25, 0.3) is 0 Å². The van der Waals surface area contributed by atoms with Gasteiger partial charge in [-0.2, -0.15) is 5.10 Å². The van der Waals surface area contributed by atoms with Gasteiger partial charge in [0.2, 0.25) is 0 Å². The maximum absolute atomic E-state index is 10.0. The van der Waals surface area contributed by atoms with Gasteiger partial charge >= 0.3 is 0 Å². The number of thiocarbonyl (C=S) groups is 1. The van der Waals surface area contributed by atoms with Gasteiger partial charge in [-0.3, -0.25) is 5.43 Å². The minimum atomic E-state index is 0.0439. The number of aromatic hydroxyl groups is 1. The fraction of sp³-hybridized carbons (Fsp3) is 0.467. The summed E-state index contributed by atoms with van der Waals surface area (Å²) in [5, 5.41) is 17.9. The summed E-state index contributed by atoms with van der Waals surface area (Å²) >= 11 is 8.59. The lowest BCUT2D eigenvalue weighted by Crippen LogP contribution is -2.40. The molecule has 0 bridgehead atoms. The number of hydrogen-bond donors (Lipinski definition) is 3. The third kappa shape index (κ3) is 4.84. The molecule has 1 aromatic carbocycles. The van der Waals surface area contributed by atoms with Gasteiger partial charge < -0.3 is 15.2 Å². The largest absolute Gasteiger partial charge is 0.504 e. The Morgan fingerprint density at radius 1 is 1.41 bits per heavy atom. The van der Waals surface area contributed by atoms with Crippen LogP contribution >= 0.6 is 28.1 Å². The van der Waals surface area contributed by atoms with Gasteiger partial charge in [0.1, 0.15) is 0 Å². The molecule has 0 unspecified atom stereocenters. The Morgan fingerprint density at radius 2 is 2.14 bits per heavy atom. The highest BCUT2D eigenvalue weighted by atomic mass is 79.9. The van der Waals surface area contributed by atoms with Gasteiger partial charge in [-0.1, -0.05) is 35.2 Å². The third-order valence-electron chi connectivity index (χ3n) is 3.60. The molecule has 0 radical (unpaired) electrons. The van der Waals surface area contributed by atoms with Gasteiger partial charge in [0.05, 0.1) is 13.3 Å². The molecule has 1 aliphatic carbocycles. The molecule has 1 aliphatic rings. The van der Waals surface area contributed by atoms with Gasteiger partial charge in [0, 0.05) is 16.1 Å². The van der Waals surface area contributed by atoms with Crippen LogP contribution in [0.1, 0.15) is 37.7 Å². The SMILES string of the molecule is COc1cc(Br)cc(/C=N/NC(=S)NC2CCCCC2)c1O. The van der Waals surface area contributed by atoms with E-state index >= 15 is 0 Å². The van der Waals surface area contributed by atoms with Gasteiger partial charge in [0.25, 0.3) is 0 Å². The zero-order chi connectivity index (χ0) is 15.9. The fourth-order valence-electron chi connectivity index (χ4n) is 2.47. The van der Waals surface area contributed by atoms with E-state index in [0.29, 0.717) is 22.5 Å². The summed E-state index contributed by atoms with van der Waals surface area (Å²) in [5.74, 6) is 0.432. The summed E-state index contributed by atoms with van der Waals surface area (Å²) in [6.07, 6.45) is 7.60. The van der Waals surface area contributed by atoms with Crippen LogP contribution in [0.3, 0.4) is 0 Å². The third-order valence-corrected chi connectivity index (χ3v) is 4.27. The maximum Gasteiger partial charge on any atom is 0.187 e. The van der Waals surface area contributed by atoms with E-state index in [-0.39, 0.29) is 5.75 Å². The maximum atomic E-state index is 10.0. The lowest BCUT2D eigenvalue weighted by atomic mass is 9.96. The van der Waals surface area contributed by atoms with Crippen molar-refractivity contribution in [3.8, 4) is 11.5 Å². The quantitative estimate of drug-likeness (QED) is 0.421. The molecule has 120 valence electrons. The van der Waals surface area contributed by atoms with Crippen LogP contribution in [-0.4, -0.2) is 29.6 Å². The number of benzene rings is 1. The van der Waals surface area contributed by atoms with E-state index < -0.39 is 0 Å². The minimum absolute atomic E-state index is 0.0439. The summed E-state index contributed by atoms with van der Waals surface area (Å²) in [5.41, 5.74) is 3.33. The Kier molecular flexibility index (Phi) is 6.45. The average Bonchev–Trinajstić information content (AvgIpc) is 2.51. The summed E-state index contributed by atoms with van der Waals surface area (Å²) < 4.78 is 5.89. The molecule has 5 nitrogen and oxygen atoms in total. The van der Waals surface area contributed by atoms with Crippen molar-refractivity contribution in [2.45, 2.75) is 38.1 Å². The number of rotatable bonds is 4. The molecule has 3 N–H and O–H groups in total. The van der Waals surface area contributed by atoms with Crippen molar-refractivity contribution in [3.05, 3.63) is 22.2 Å². The Bertz CT molecular complexity index is 560. The second-order valence-electron chi connectivity index (χ2n) is 5.22. The van der Waals surface area contributed by atoms with E-state index in [1.165, 1.54) is 32.6 Å². The summed E-state index contributed by atoms with van der Waals surface area (Å²) in [6, 6.07) is 3.87. The monoisotopic (exact) mass is 385 g/mol. The molecule has 0 amide bonds. The Hall–Kier alpha value is -1.34. The minimum Gasteiger partial charge on any atom is -0.504 e. The normalized spacial score (nSPS) is 15.7. The van der Waals surface area contributed by atoms with Crippen LogP contribution in [0, 0.1) is 0 Å². The van der Waals surface area contributed by atoms with Gasteiger partial charge in [0.15, 0.2) is 16.6 Å². The van der Waals surface area contributed by atoms with E-state index in [4.69, 9.17) is 17.0 Å². The van der Waals surface area contributed by atoms with Crippen LogP contribution in [0.5, 0.6) is 11.5 Å². The van der Waals surface area contributed by atoms with E-state index in [1.54, 1.807) is 12.1 Å². The van der Waals surface area contributed by atoms with E-state index in [2.05, 4.69) is 31.8 Å².